The van der Waals surface area contributed by atoms with Gasteiger partial charge in [-0.3, -0.25) is 9.59 Å². The molecule has 0 bridgehead atoms. The molecular formula is C30H50O5. The van der Waals surface area contributed by atoms with Gasteiger partial charge in [-0.15, -0.1) is 0 Å². The van der Waals surface area contributed by atoms with Crippen molar-refractivity contribution in [3.8, 4) is 0 Å². The summed E-state index contributed by atoms with van der Waals surface area (Å²) < 4.78 is 19.6. The molecule has 0 saturated heterocycles. The number of hydrogen-bond donors (Lipinski definition) is 0. The summed E-state index contributed by atoms with van der Waals surface area (Å²) in [6.07, 6.45) is 8.79. The van der Waals surface area contributed by atoms with E-state index < -0.39 is 11.2 Å². The monoisotopic (exact) mass is 490 g/mol. The number of carbonyl (C=O) groups is 2. The SMILES string of the molecule is CO[C@@]1(O[C@@H]2C[C@H](C)CC[C@H]2C(C)C)C[C@@H]2C(=O)CCC[C@@]21C(=O)O[C@H]1C[C@@H](C)CC[C@@H]1C(C)C. The first-order valence-electron chi connectivity index (χ1n) is 14.5. The van der Waals surface area contributed by atoms with Gasteiger partial charge in [0.15, 0.2) is 5.79 Å². The van der Waals surface area contributed by atoms with E-state index in [0.29, 0.717) is 61.2 Å². The molecule has 0 aromatic carbocycles. The van der Waals surface area contributed by atoms with Gasteiger partial charge >= 0.3 is 5.97 Å². The fourth-order valence-corrected chi connectivity index (χ4v) is 8.08. The number of rotatable bonds is 7. The number of ether oxygens (including phenoxy) is 3. The second-order valence-electron chi connectivity index (χ2n) is 13.3. The van der Waals surface area contributed by atoms with E-state index in [1.54, 1.807) is 7.11 Å². The average Bonchev–Trinajstić information content (AvgIpc) is 2.78. The Balaban J connectivity index is 1.64. The zero-order valence-corrected chi connectivity index (χ0v) is 23.3. The summed E-state index contributed by atoms with van der Waals surface area (Å²) in [5, 5.41) is 0. The van der Waals surface area contributed by atoms with Crippen LogP contribution in [-0.2, 0) is 23.8 Å². The Morgan fingerprint density at radius 3 is 2.06 bits per heavy atom. The maximum absolute atomic E-state index is 14.2. The third-order valence-electron chi connectivity index (χ3n) is 10.3. The van der Waals surface area contributed by atoms with Gasteiger partial charge in [-0.2, -0.15) is 0 Å². The Kier molecular flexibility index (Phi) is 8.08. The summed E-state index contributed by atoms with van der Waals surface area (Å²) >= 11 is 0. The quantitative estimate of drug-likeness (QED) is 0.298. The molecule has 0 radical (unpaired) electrons. The molecule has 9 atom stereocenters. The lowest BCUT2D eigenvalue weighted by molar-refractivity contribution is -0.378. The molecule has 4 saturated carbocycles. The van der Waals surface area contributed by atoms with Crippen LogP contribution in [0.5, 0.6) is 0 Å². The van der Waals surface area contributed by atoms with E-state index in [2.05, 4.69) is 41.5 Å². The van der Waals surface area contributed by atoms with E-state index in [4.69, 9.17) is 14.2 Å². The topological polar surface area (TPSA) is 61.8 Å². The lowest BCUT2D eigenvalue weighted by Crippen LogP contribution is -2.74. The highest BCUT2D eigenvalue weighted by atomic mass is 16.7. The summed E-state index contributed by atoms with van der Waals surface area (Å²) in [5.74, 6) is 1.44. The molecule has 0 N–H and O–H groups in total. The van der Waals surface area contributed by atoms with Gasteiger partial charge in [-0.25, -0.2) is 0 Å². The fraction of sp³-hybridized carbons (Fsp3) is 0.933. The van der Waals surface area contributed by atoms with Gasteiger partial charge < -0.3 is 14.2 Å². The zero-order valence-electron chi connectivity index (χ0n) is 23.3. The highest BCUT2D eigenvalue weighted by Gasteiger charge is 2.76. The van der Waals surface area contributed by atoms with Crippen LogP contribution in [0.15, 0.2) is 0 Å². The van der Waals surface area contributed by atoms with Gasteiger partial charge in [0.2, 0.25) is 0 Å². The van der Waals surface area contributed by atoms with E-state index in [1.165, 1.54) is 12.8 Å². The zero-order chi connectivity index (χ0) is 25.5. The molecule has 4 rings (SSSR count). The van der Waals surface area contributed by atoms with Gasteiger partial charge in [0.05, 0.1) is 6.10 Å². The van der Waals surface area contributed by atoms with Crippen molar-refractivity contribution in [3.63, 3.8) is 0 Å². The van der Waals surface area contributed by atoms with Crippen molar-refractivity contribution in [1.29, 1.82) is 0 Å². The molecule has 5 nitrogen and oxygen atoms in total. The Bertz CT molecular complexity index is 777. The van der Waals surface area contributed by atoms with Gasteiger partial charge in [0.1, 0.15) is 17.3 Å². The molecule has 4 fully saturated rings. The number of ketones is 1. The van der Waals surface area contributed by atoms with Crippen molar-refractivity contribution in [3.05, 3.63) is 0 Å². The Labute approximate surface area is 213 Å². The third kappa shape index (κ3) is 4.74. The van der Waals surface area contributed by atoms with Crippen molar-refractivity contribution < 1.29 is 23.8 Å². The van der Waals surface area contributed by atoms with Crippen LogP contribution in [0.2, 0.25) is 0 Å². The number of carbonyl (C=O) groups excluding carboxylic acids is 2. The first-order valence-corrected chi connectivity index (χ1v) is 14.5. The highest BCUT2D eigenvalue weighted by molar-refractivity contribution is 5.93. The summed E-state index contributed by atoms with van der Waals surface area (Å²) in [6.45, 7) is 13.5. The fourth-order valence-electron chi connectivity index (χ4n) is 8.08. The predicted molar refractivity (Wildman–Crippen MR) is 137 cm³/mol. The summed E-state index contributed by atoms with van der Waals surface area (Å²) in [6, 6.07) is 0. The van der Waals surface area contributed by atoms with Crippen molar-refractivity contribution >= 4 is 11.8 Å². The Morgan fingerprint density at radius 2 is 1.49 bits per heavy atom. The van der Waals surface area contributed by atoms with Gasteiger partial charge in [0, 0.05) is 25.9 Å². The molecule has 0 amide bonds. The molecule has 0 aromatic heterocycles. The summed E-state index contributed by atoms with van der Waals surface area (Å²) in [7, 11) is 1.67. The van der Waals surface area contributed by atoms with Crippen LogP contribution in [-0.4, -0.2) is 36.9 Å². The van der Waals surface area contributed by atoms with Crippen LogP contribution in [0.1, 0.15) is 106 Å². The van der Waals surface area contributed by atoms with Crippen molar-refractivity contribution in [2.24, 2.45) is 46.8 Å². The molecule has 5 heteroatoms. The van der Waals surface area contributed by atoms with Crippen LogP contribution in [0.3, 0.4) is 0 Å². The van der Waals surface area contributed by atoms with Gasteiger partial charge in [-0.05, 0) is 74.0 Å². The molecule has 200 valence electrons. The number of Topliss-reactive ketones (excluding diaryl/α,β-unsaturated/α-hetero) is 1. The molecule has 4 aliphatic carbocycles. The smallest absolute Gasteiger partial charge is 0.318 e. The van der Waals surface area contributed by atoms with Crippen LogP contribution in [0.25, 0.3) is 0 Å². The van der Waals surface area contributed by atoms with Crippen LogP contribution in [0, 0.1) is 46.8 Å². The highest BCUT2D eigenvalue weighted by Crippen LogP contribution is 2.64. The minimum Gasteiger partial charge on any atom is -0.461 e. The van der Waals surface area contributed by atoms with Crippen molar-refractivity contribution in [1.82, 2.24) is 0 Å². The molecule has 4 aliphatic rings. The minimum absolute atomic E-state index is 0.0412. The summed E-state index contributed by atoms with van der Waals surface area (Å²) in [5.41, 5.74) is -1.01. The van der Waals surface area contributed by atoms with E-state index >= 15 is 0 Å². The molecule has 35 heavy (non-hydrogen) atoms. The van der Waals surface area contributed by atoms with Crippen LogP contribution in [0.4, 0.5) is 0 Å². The van der Waals surface area contributed by atoms with Crippen LogP contribution >= 0.6 is 0 Å². The second-order valence-corrected chi connectivity index (χ2v) is 13.3. The minimum atomic E-state index is -1.06. The number of methoxy groups -OCH3 is 1. The van der Waals surface area contributed by atoms with Gasteiger partial charge in [0.25, 0.3) is 0 Å². The van der Waals surface area contributed by atoms with E-state index in [0.717, 1.165) is 25.7 Å². The Hall–Kier alpha value is -0.940. The first-order chi connectivity index (χ1) is 16.5. The predicted octanol–water partition coefficient (Wildman–Crippen LogP) is 6.57. The van der Waals surface area contributed by atoms with Crippen molar-refractivity contribution in [2.45, 2.75) is 124 Å². The van der Waals surface area contributed by atoms with Crippen molar-refractivity contribution in [2.75, 3.05) is 7.11 Å². The molecule has 0 spiro atoms. The first kappa shape index (κ1) is 27.1. The standard InChI is InChI=1S/C30H50O5/c1-18(2)22-12-10-20(5)15-26(22)34-28(32)29-14-8-9-25(31)24(29)17-30(29,33-7)35-27-16-21(6)11-13-23(27)19(3)4/h18-24,26-27H,8-17H2,1-7H3/t20-,21+,22+,23-,24+,26-,27+,29-,30+/m0/s1. The number of fused-ring (bicyclic) bond motifs is 1. The van der Waals surface area contributed by atoms with E-state index in [9.17, 15) is 9.59 Å². The molecule has 0 aliphatic heterocycles. The maximum atomic E-state index is 14.2. The average molecular weight is 491 g/mol. The molecule has 0 unspecified atom stereocenters. The largest absolute Gasteiger partial charge is 0.461 e. The third-order valence-corrected chi connectivity index (χ3v) is 10.3. The number of esters is 1. The lowest BCUT2D eigenvalue weighted by atomic mass is 9.48. The molecule has 0 aromatic rings. The summed E-state index contributed by atoms with van der Waals surface area (Å²) in [4.78, 5) is 27.3. The Morgan fingerprint density at radius 1 is 0.914 bits per heavy atom. The van der Waals surface area contributed by atoms with Gasteiger partial charge in [-0.1, -0.05) is 54.4 Å². The molecular weight excluding hydrogens is 440 g/mol. The second kappa shape index (κ2) is 10.4. The van der Waals surface area contributed by atoms with E-state index in [-0.39, 0.29) is 29.9 Å². The lowest BCUT2D eigenvalue weighted by Gasteiger charge is -2.63. The van der Waals surface area contributed by atoms with Crippen LogP contribution < -0.4 is 0 Å². The van der Waals surface area contributed by atoms with E-state index in [1.807, 2.05) is 0 Å². The molecule has 0 heterocycles. The maximum Gasteiger partial charge on any atom is 0.318 e. The number of hydrogen-bond acceptors (Lipinski definition) is 5. The normalized spacial score (nSPS) is 44.1.